The summed E-state index contributed by atoms with van der Waals surface area (Å²) in [5.41, 5.74) is 0. The highest BCUT2D eigenvalue weighted by Crippen LogP contribution is 2.26. The summed E-state index contributed by atoms with van der Waals surface area (Å²) in [6.45, 7) is 4.94. The smallest absolute Gasteiger partial charge is 0.206 e. The van der Waals surface area contributed by atoms with Crippen LogP contribution < -0.4 is 14.2 Å². The van der Waals surface area contributed by atoms with Crippen LogP contribution in [0.2, 0.25) is 0 Å². The summed E-state index contributed by atoms with van der Waals surface area (Å²) in [4.78, 5) is 0.725. The van der Waals surface area contributed by atoms with Crippen LogP contribution in [0, 0.1) is 0 Å². The maximum Gasteiger partial charge on any atom is 0.206 e. The summed E-state index contributed by atoms with van der Waals surface area (Å²) in [5.74, 6) is 1.90. The monoisotopic (exact) mass is 652 g/mol. The summed E-state index contributed by atoms with van der Waals surface area (Å²) in [5, 5.41) is 9.39. The standard InChI is InChI=1S/C35H40O8S2/c1-27(2)43-31-15-23-35(24-16-31)45(39,40)34-21-13-30(14-22-34)42-26-8-6-4-3-5-7-25-41-29-11-19-33(20-12-29)44(37,38)32-17-9-28(36)10-18-32/h9-24,27,36H,3-8,25-26H2,1-2H3. The fraction of sp³-hybridized carbons (Fsp3) is 0.314. The lowest BCUT2D eigenvalue weighted by Crippen LogP contribution is -2.06. The number of ether oxygens (including phenoxy) is 3. The Morgan fingerprint density at radius 3 is 1.16 bits per heavy atom. The molecule has 45 heavy (non-hydrogen) atoms. The molecule has 0 aromatic heterocycles. The molecule has 0 fully saturated rings. The number of hydrogen-bond donors (Lipinski definition) is 1. The Morgan fingerprint density at radius 2 is 0.800 bits per heavy atom. The average molecular weight is 653 g/mol. The minimum atomic E-state index is -3.65. The van der Waals surface area contributed by atoms with E-state index in [1.54, 1.807) is 60.7 Å². The third kappa shape index (κ3) is 9.73. The van der Waals surface area contributed by atoms with Gasteiger partial charge in [-0.1, -0.05) is 25.7 Å². The number of phenols is 1. The van der Waals surface area contributed by atoms with Crippen LogP contribution in [-0.2, 0) is 19.7 Å². The number of unbranched alkanes of at least 4 members (excludes halogenated alkanes) is 5. The Morgan fingerprint density at radius 1 is 0.489 bits per heavy atom. The second-order valence-electron chi connectivity index (χ2n) is 10.9. The molecule has 4 rings (SSSR count). The average Bonchev–Trinajstić information content (AvgIpc) is 3.02. The molecule has 4 aromatic carbocycles. The topological polar surface area (TPSA) is 116 Å². The summed E-state index contributed by atoms with van der Waals surface area (Å²) in [6, 6.07) is 24.8. The Hall–Kier alpha value is -4.02. The minimum Gasteiger partial charge on any atom is -0.508 e. The van der Waals surface area contributed by atoms with Gasteiger partial charge < -0.3 is 19.3 Å². The van der Waals surface area contributed by atoms with Crippen LogP contribution in [0.5, 0.6) is 23.0 Å². The lowest BCUT2D eigenvalue weighted by Gasteiger charge is -2.11. The molecule has 0 atom stereocenters. The number of sulfone groups is 2. The number of aromatic hydroxyl groups is 1. The zero-order valence-corrected chi connectivity index (χ0v) is 27.2. The van der Waals surface area contributed by atoms with Crippen molar-refractivity contribution in [1.29, 1.82) is 0 Å². The number of rotatable bonds is 17. The SMILES string of the molecule is CC(C)Oc1ccc(S(=O)(=O)c2ccc(OCCCCCCCCOc3ccc(S(=O)(=O)c4ccc(O)cc4)cc3)cc2)cc1. The second-order valence-corrected chi connectivity index (χ2v) is 14.8. The van der Waals surface area contributed by atoms with E-state index < -0.39 is 19.7 Å². The molecule has 0 unspecified atom stereocenters. The van der Waals surface area contributed by atoms with Crippen molar-refractivity contribution in [2.75, 3.05) is 13.2 Å². The molecule has 0 amide bonds. The molecular formula is C35H40O8S2. The van der Waals surface area contributed by atoms with Crippen molar-refractivity contribution in [1.82, 2.24) is 0 Å². The minimum absolute atomic E-state index is 0.0127. The Labute approximate surface area is 266 Å². The fourth-order valence-corrected chi connectivity index (χ4v) is 7.11. The van der Waals surface area contributed by atoms with Gasteiger partial charge in [0.2, 0.25) is 19.7 Å². The summed E-state index contributed by atoms with van der Waals surface area (Å²) in [6.07, 6.45) is 6.02. The maximum absolute atomic E-state index is 13.0. The zero-order chi connectivity index (χ0) is 32.3. The van der Waals surface area contributed by atoms with Crippen molar-refractivity contribution in [3.63, 3.8) is 0 Å². The third-order valence-electron chi connectivity index (χ3n) is 7.00. The number of benzene rings is 4. The summed E-state index contributed by atoms with van der Waals surface area (Å²) >= 11 is 0. The lowest BCUT2D eigenvalue weighted by molar-refractivity contribution is 0.242. The van der Waals surface area contributed by atoms with Crippen molar-refractivity contribution in [3.8, 4) is 23.0 Å². The lowest BCUT2D eigenvalue weighted by atomic mass is 10.1. The Bertz CT molecular complexity index is 1700. The van der Waals surface area contributed by atoms with Crippen LogP contribution in [0.15, 0.2) is 117 Å². The summed E-state index contributed by atoms with van der Waals surface area (Å²) < 4.78 is 68.5. The predicted molar refractivity (Wildman–Crippen MR) is 173 cm³/mol. The van der Waals surface area contributed by atoms with Crippen molar-refractivity contribution in [3.05, 3.63) is 97.1 Å². The number of hydrogen-bond acceptors (Lipinski definition) is 8. The zero-order valence-electron chi connectivity index (χ0n) is 25.6. The molecule has 0 saturated carbocycles. The van der Waals surface area contributed by atoms with E-state index in [-0.39, 0.29) is 31.4 Å². The van der Waals surface area contributed by atoms with Gasteiger partial charge in [-0.05, 0) is 124 Å². The molecule has 0 saturated heterocycles. The molecule has 0 bridgehead atoms. The van der Waals surface area contributed by atoms with Gasteiger partial charge in [0.15, 0.2) is 0 Å². The number of phenolic OH excluding ortho intramolecular Hbond substituents is 1. The van der Waals surface area contributed by atoms with Crippen LogP contribution >= 0.6 is 0 Å². The molecular weight excluding hydrogens is 613 g/mol. The first-order valence-corrected chi connectivity index (χ1v) is 18.0. The molecule has 0 aliphatic heterocycles. The van der Waals surface area contributed by atoms with E-state index in [2.05, 4.69) is 0 Å². The molecule has 4 aromatic rings. The van der Waals surface area contributed by atoms with Gasteiger partial charge in [0.25, 0.3) is 0 Å². The van der Waals surface area contributed by atoms with Crippen LogP contribution in [-0.4, -0.2) is 41.3 Å². The highest BCUT2D eigenvalue weighted by Gasteiger charge is 2.19. The maximum atomic E-state index is 13.0. The van der Waals surface area contributed by atoms with Crippen molar-refractivity contribution in [2.45, 2.75) is 78.1 Å². The predicted octanol–water partition coefficient (Wildman–Crippen LogP) is 7.64. The molecule has 0 heterocycles. The van der Waals surface area contributed by atoms with Crippen LogP contribution in [0.4, 0.5) is 0 Å². The van der Waals surface area contributed by atoms with Gasteiger partial charge in [0, 0.05) is 0 Å². The summed E-state index contributed by atoms with van der Waals surface area (Å²) in [7, 11) is -7.28. The molecule has 0 spiro atoms. The molecule has 0 aliphatic rings. The largest absolute Gasteiger partial charge is 0.508 e. The highest BCUT2D eigenvalue weighted by molar-refractivity contribution is 7.91. The molecule has 10 heteroatoms. The normalized spacial score (nSPS) is 11.8. The van der Waals surface area contributed by atoms with Gasteiger partial charge in [-0.25, -0.2) is 16.8 Å². The van der Waals surface area contributed by atoms with Crippen LogP contribution in [0.3, 0.4) is 0 Å². The van der Waals surface area contributed by atoms with E-state index >= 15 is 0 Å². The van der Waals surface area contributed by atoms with E-state index in [1.165, 1.54) is 36.4 Å². The van der Waals surface area contributed by atoms with E-state index in [4.69, 9.17) is 14.2 Å². The fourth-order valence-electron chi connectivity index (χ4n) is 4.59. The van der Waals surface area contributed by atoms with Gasteiger partial charge in [-0.15, -0.1) is 0 Å². The van der Waals surface area contributed by atoms with E-state index in [0.717, 1.165) is 38.5 Å². The first-order valence-electron chi connectivity index (χ1n) is 15.1. The van der Waals surface area contributed by atoms with Crippen LogP contribution in [0.25, 0.3) is 0 Å². The van der Waals surface area contributed by atoms with Crippen molar-refractivity contribution < 1.29 is 36.2 Å². The van der Waals surface area contributed by atoms with Gasteiger partial charge >= 0.3 is 0 Å². The molecule has 1 N–H and O–H groups in total. The van der Waals surface area contributed by atoms with Crippen molar-refractivity contribution >= 4 is 19.7 Å². The molecule has 240 valence electrons. The first kappa shape index (κ1) is 33.9. The van der Waals surface area contributed by atoms with Gasteiger partial charge in [0.05, 0.1) is 38.9 Å². The van der Waals surface area contributed by atoms with Gasteiger partial charge in [0.1, 0.15) is 23.0 Å². The molecule has 8 nitrogen and oxygen atoms in total. The van der Waals surface area contributed by atoms with Gasteiger partial charge in [-0.3, -0.25) is 0 Å². The quantitative estimate of drug-likeness (QED) is 0.116. The van der Waals surface area contributed by atoms with E-state index in [9.17, 15) is 21.9 Å². The second kappa shape index (κ2) is 15.8. The Kier molecular flexibility index (Phi) is 11.9. The Balaban J connectivity index is 1.08. The van der Waals surface area contributed by atoms with E-state index in [1.807, 2.05) is 13.8 Å². The van der Waals surface area contributed by atoms with Crippen molar-refractivity contribution in [2.24, 2.45) is 0 Å². The highest BCUT2D eigenvalue weighted by atomic mass is 32.2. The molecule has 0 radical (unpaired) electrons. The van der Waals surface area contributed by atoms with E-state index in [0.29, 0.717) is 30.5 Å². The molecule has 0 aliphatic carbocycles. The first-order chi connectivity index (χ1) is 21.6. The van der Waals surface area contributed by atoms with Gasteiger partial charge in [-0.2, -0.15) is 0 Å². The van der Waals surface area contributed by atoms with Crippen LogP contribution in [0.1, 0.15) is 52.4 Å². The third-order valence-corrected chi connectivity index (χ3v) is 10.6.